The second-order valence-corrected chi connectivity index (χ2v) is 7.57. The number of anilines is 2. The van der Waals surface area contributed by atoms with Gasteiger partial charge < -0.3 is 24.2 Å². The summed E-state index contributed by atoms with van der Waals surface area (Å²) in [5.74, 6) is 0.764. The van der Waals surface area contributed by atoms with Gasteiger partial charge >= 0.3 is 0 Å². The van der Waals surface area contributed by atoms with E-state index in [1.165, 1.54) is 6.26 Å². The minimum atomic E-state index is -0.345. The summed E-state index contributed by atoms with van der Waals surface area (Å²) < 4.78 is 16.1. The van der Waals surface area contributed by atoms with Crippen molar-refractivity contribution in [3.05, 3.63) is 72.5 Å². The van der Waals surface area contributed by atoms with Crippen molar-refractivity contribution in [1.82, 2.24) is 10.2 Å². The predicted molar refractivity (Wildman–Crippen MR) is 123 cm³/mol. The van der Waals surface area contributed by atoms with E-state index < -0.39 is 0 Å². The maximum atomic E-state index is 12.8. The SMILES string of the molecule is CCOc1ccc(NC(=O)c2ccccc2NC(=O)CSc2nnc(-c3ccco3)o2)cc1. The Morgan fingerprint density at radius 1 is 1.00 bits per heavy atom. The lowest BCUT2D eigenvalue weighted by Gasteiger charge is -2.11. The van der Waals surface area contributed by atoms with E-state index in [1.54, 1.807) is 60.7 Å². The fourth-order valence-corrected chi connectivity index (χ4v) is 3.43. The van der Waals surface area contributed by atoms with Gasteiger partial charge in [-0.15, -0.1) is 10.2 Å². The van der Waals surface area contributed by atoms with E-state index in [0.29, 0.717) is 29.3 Å². The molecule has 0 saturated heterocycles. The summed E-state index contributed by atoms with van der Waals surface area (Å²) in [6.45, 7) is 2.47. The van der Waals surface area contributed by atoms with Crippen LogP contribution in [0.15, 0.2) is 81.0 Å². The molecule has 4 aromatic rings. The largest absolute Gasteiger partial charge is 0.494 e. The first-order valence-corrected chi connectivity index (χ1v) is 11.0. The number of carbonyl (C=O) groups is 2. The second-order valence-electron chi connectivity index (χ2n) is 6.64. The molecule has 2 aromatic heterocycles. The molecule has 2 heterocycles. The van der Waals surface area contributed by atoms with E-state index in [1.807, 2.05) is 6.92 Å². The average molecular weight is 465 g/mol. The Morgan fingerprint density at radius 3 is 2.58 bits per heavy atom. The highest BCUT2D eigenvalue weighted by Gasteiger charge is 2.16. The van der Waals surface area contributed by atoms with Crippen molar-refractivity contribution >= 4 is 35.0 Å². The molecule has 9 nitrogen and oxygen atoms in total. The summed E-state index contributed by atoms with van der Waals surface area (Å²) >= 11 is 1.08. The first kappa shape index (κ1) is 22.2. The Balaban J connectivity index is 1.35. The van der Waals surface area contributed by atoms with Gasteiger partial charge in [0, 0.05) is 5.69 Å². The van der Waals surface area contributed by atoms with E-state index in [4.69, 9.17) is 13.6 Å². The van der Waals surface area contributed by atoms with Crippen LogP contribution < -0.4 is 15.4 Å². The fraction of sp³-hybridized carbons (Fsp3) is 0.130. The van der Waals surface area contributed by atoms with Crippen LogP contribution in [-0.2, 0) is 4.79 Å². The summed E-state index contributed by atoms with van der Waals surface area (Å²) in [6.07, 6.45) is 1.50. The maximum Gasteiger partial charge on any atom is 0.284 e. The molecule has 0 spiro atoms. The molecule has 0 aliphatic heterocycles. The molecule has 0 atom stereocenters. The molecule has 33 heavy (non-hydrogen) atoms. The van der Waals surface area contributed by atoms with Crippen LogP contribution in [-0.4, -0.2) is 34.4 Å². The zero-order valence-corrected chi connectivity index (χ0v) is 18.4. The monoisotopic (exact) mass is 464 g/mol. The Bertz CT molecular complexity index is 1220. The number of amides is 2. The number of aromatic nitrogens is 2. The van der Waals surface area contributed by atoms with Gasteiger partial charge in [0.15, 0.2) is 5.76 Å². The molecule has 0 unspecified atom stereocenters. The maximum absolute atomic E-state index is 12.8. The lowest BCUT2D eigenvalue weighted by Crippen LogP contribution is -2.19. The zero-order chi connectivity index (χ0) is 23.0. The van der Waals surface area contributed by atoms with E-state index in [9.17, 15) is 9.59 Å². The predicted octanol–water partition coefficient (Wildman–Crippen LogP) is 4.71. The zero-order valence-electron chi connectivity index (χ0n) is 17.6. The Kier molecular flexibility index (Phi) is 7.06. The van der Waals surface area contributed by atoms with Gasteiger partial charge in [-0.05, 0) is 55.5 Å². The fourth-order valence-electron chi connectivity index (χ4n) is 2.87. The first-order valence-electron chi connectivity index (χ1n) is 10.1. The van der Waals surface area contributed by atoms with Crippen molar-refractivity contribution in [2.45, 2.75) is 12.1 Å². The lowest BCUT2D eigenvalue weighted by molar-refractivity contribution is -0.113. The van der Waals surface area contributed by atoms with Crippen LogP contribution in [0, 0.1) is 0 Å². The minimum absolute atomic E-state index is 0.0225. The van der Waals surface area contributed by atoms with Gasteiger partial charge in [0.05, 0.1) is 29.9 Å². The molecule has 2 N–H and O–H groups in total. The molecule has 0 aliphatic carbocycles. The number of ether oxygens (including phenoxy) is 1. The van der Waals surface area contributed by atoms with Gasteiger partial charge in [-0.25, -0.2) is 0 Å². The third kappa shape index (κ3) is 5.80. The molecular weight excluding hydrogens is 444 g/mol. The molecule has 0 fully saturated rings. The topological polar surface area (TPSA) is 119 Å². The van der Waals surface area contributed by atoms with Gasteiger partial charge in [-0.1, -0.05) is 23.9 Å². The standard InChI is InChI=1S/C23H20N4O5S/c1-2-30-16-11-9-15(10-12-16)24-21(29)17-6-3-4-7-18(17)25-20(28)14-33-23-27-26-22(32-23)19-8-5-13-31-19/h3-13H,2,14H2,1H3,(H,24,29)(H,25,28). The third-order valence-corrected chi connectivity index (χ3v) is 5.15. The van der Waals surface area contributed by atoms with Crippen LogP contribution in [0.4, 0.5) is 11.4 Å². The van der Waals surface area contributed by atoms with Crippen LogP contribution in [0.1, 0.15) is 17.3 Å². The van der Waals surface area contributed by atoms with Gasteiger partial charge in [-0.2, -0.15) is 0 Å². The van der Waals surface area contributed by atoms with Gasteiger partial charge in [0.25, 0.3) is 17.0 Å². The molecule has 0 saturated carbocycles. The van der Waals surface area contributed by atoms with Crippen molar-refractivity contribution in [2.24, 2.45) is 0 Å². The van der Waals surface area contributed by atoms with Crippen LogP contribution in [0.2, 0.25) is 0 Å². The molecule has 0 aliphatic rings. The second kappa shape index (κ2) is 10.5. The quantitative estimate of drug-likeness (QED) is 0.342. The average Bonchev–Trinajstić information content (AvgIpc) is 3.52. The molecule has 2 amide bonds. The number of hydrogen-bond acceptors (Lipinski definition) is 8. The highest BCUT2D eigenvalue weighted by molar-refractivity contribution is 7.99. The molecule has 0 bridgehead atoms. The number of para-hydroxylation sites is 1. The third-order valence-electron chi connectivity index (χ3n) is 4.33. The summed E-state index contributed by atoms with van der Waals surface area (Å²) in [6, 6.07) is 17.2. The first-order chi connectivity index (χ1) is 16.1. The number of nitrogens with one attached hydrogen (secondary N) is 2. The molecule has 168 valence electrons. The summed E-state index contributed by atoms with van der Waals surface area (Å²) in [4.78, 5) is 25.2. The van der Waals surface area contributed by atoms with Gasteiger partial charge in [0.2, 0.25) is 5.91 Å². The van der Waals surface area contributed by atoms with Gasteiger partial charge in [-0.3, -0.25) is 9.59 Å². The van der Waals surface area contributed by atoms with Crippen LogP contribution in [0.25, 0.3) is 11.7 Å². The number of carbonyl (C=O) groups excluding carboxylic acids is 2. The molecule has 10 heteroatoms. The van der Waals surface area contributed by atoms with E-state index in [-0.39, 0.29) is 28.7 Å². The lowest BCUT2D eigenvalue weighted by atomic mass is 10.1. The highest BCUT2D eigenvalue weighted by atomic mass is 32.2. The van der Waals surface area contributed by atoms with E-state index in [2.05, 4.69) is 20.8 Å². The van der Waals surface area contributed by atoms with Crippen LogP contribution in [0.5, 0.6) is 5.75 Å². The van der Waals surface area contributed by atoms with Crippen LogP contribution >= 0.6 is 11.8 Å². The van der Waals surface area contributed by atoms with E-state index in [0.717, 1.165) is 17.5 Å². The summed E-state index contributed by atoms with van der Waals surface area (Å²) in [5, 5.41) is 13.6. The molecular formula is C23H20N4O5S. The number of benzene rings is 2. The smallest absolute Gasteiger partial charge is 0.284 e. The normalized spacial score (nSPS) is 10.6. The van der Waals surface area contributed by atoms with Gasteiger partial charge in [0.1, 0.15) is 5.75 Å². The highest BCUT2D eigenvalue weighted by Crippen LogP contribution is 2.24. The molecule has 2 aromatic carbocycles. The Morgan fingerprint density at radius 2 is 1.82 bits per heavy atom. The van der Waals surface area contributed by atoms with Crippen molar-refractivity contribution in [3.8, 4) is 17.4 Å². The van der Waals surface area contributed by atoms with Crippen LogP contribution in [0.3, 0.4) is 0 Å². The number of rotatable bonds is 9. The molecule has 4 rings (SSSR count). The summed E-state index contributed by atoms with van der Waals surface area (Å²) in [5.41, 5.74) is 1.35. The Hall–Kier alpha value is -4.05. The minimum Gasteiger partial charge on any atom is -0.494 e. The Labute approximate surface area is 193 Å². The van der Waals surface area contributed by atoms with Crippen molar-refractivity contribution in [1.29, 1.82) is 0 Å². The van der Waals surface area contributed by atoms with Crippen molar-refractivity contribution in [2.75, 3.05) is 23.0 Å². The molecule has 0 radical (unpaired) electrons. The number of nitrogens with zero attached hydrogens (tertiary/aromatic N) is 2. The summed E-state index contributed by atoms with van der Waals surface area (Å²) in [7, 11) is 0. The van der Waals surface area contributed by atoms with E-state index >= 15 is 0 Å². The van der Waals surface area contributed by atoms with Crippen molar-refractivity contribution in [3.63, 3.8) is 0 Å². The number of thioether (sulfide) groups is 1. The van der Waals surface area contributed by atoms with Crippen molar-refractivity contribution < 1.29 is 23.2 Å². The number of furan rings is 1. The number of hydrogen-bond donors (Lipinski definition) is 2.